The van der Waals surface area contributed by atoms with Gasteiger partial charge >= 0.3 is 0 Å². The van der Waals surface area contributed by atoms with Crippen LogP contribution in [0.4, 0.5) is 0 Å². The van der Waals surface area contributed by atoms with Gasteiger partial charge in [-0.25, -0.2) is 4.98 Å². The number of primary amides is 1. The van der Waals surface area contributed by atoms with Gasteiger partial charge in [0, 0.05) is 56.1 Å². The minimum Gasteiger partial charge on any atom is -0.366 e. The number of aromatic nitrogens is 2. The average molecular weight is 480 g/mol. The molecule has 2 aliphatic rings. The van der Waals surface area contributed by atoms with Crippen molar-refractivity contribution in [1.29, 1.82) is 0 Å². The van der Waals surface area contributed by atoms with E-state index in [0.717, 1.165) is 54.7 Å². The van der Waals surface area contributed by atoms with Crippen molar-refractivity contribution >= 4 is 33.4 Å². The van der Waals surface area contributed by atoms with Gasteiger partial charge in [0.2, 0.25) is 11.8 Å². The Morgan fingerprint density at radius 3 is 2.50 bits per heavy atom. The third-order valence-electron chi connectivity index (χ3n) is 6.88. The van der Waals surface area contributed by atoms with Gasteiger partial charge in [-0.1, -0.05) is 12.1 Å². The highest BCUT2D eigenvalue weighted by Gasteiger charge is 2.23. The summed E-state index contributed by atoms with van der Waals surface area (Å²) in [5, 5.41) is 0.770. The molecular weight excluding hydrogens is 450 g/mol. The Morgan fingerprint density at radius 2 is 1.76 bits per heavy atom. The molecule has 0 saturated carbocycles. The van der Waals surface area contributed by atoms with Crippen LogP contribution in [0.2, 0.25) is 0 Å². The van der Waals surface area contributed by atoms with Crippen LogP contribution in [0.3, 0.4) is 0 Å². The fourth-order valence-corrected chi connectivity index (χ4v) is 6.12. The molecule has 1 aromatic carbocycles. The molecular formula is C25H29N5O3S. The predicted octanol–water partition coefficient (Wildman–Crippen LogP) is 2.17. The quantitative estimate of drug-likeness (QED) is 0.584. The highest BCUT2D eigenvalue weighted by molar-refractivity contribution is 7.18. The molecule has 0 atom stereocenters. The molecule has 9 heteroatoms. The van der Waals surface area contributed by atoms with Crippen molar-refractivity contribution in [1.82, 2.24) is 19.4 Å². The average Bonchev–Trinajstić information content (AvgIpc) is 3.24. The first-order valence-electron chi connectivity index (χ1n) is 11.9. The number of amides is 2. The van der Waals surface area contributed by atoms with Gasteiger partial charge in [-0.2, -0.15) is 0 Å². The number of nitrogens with two attached hydrogens (primary N) is 1. The van der Waals surface area contributed by atoms with Gasteiger partial charge in [-0.15, -0.1) is 11.3 Å². The summed E-state index contributed by atoms with van der Waals surface area (Å²) < 4.78 is 1.60. The lowest BCUT2D eigenvalue weighted by Crippen LogP contribution is -2.48. The first-order chi connectivity index (χ1) is 16.5. The second-order valence-electron chi connectivity index (χ2n) is 9.10. The smallest absolute Gasteiger partial charge is 0.262 e. The molecule has 178 valence electrons. The molecule has 0 spiro atoms. The maximum atomic E-state index is 13.1. The molecule has 3 heterocycles. The molecule has 1 saturated heterocycles. The summed E-state index contributed by atoms with van der Waals surface area (Å²) in [5.74, 6) is -0.351. The fraction of sp³-hybridized carbons (Fsp3) is 0.440. The number of thiophene rings is 1. The van der Waals surface area contributed by atoms with E-state index >= 15 is 0 Å². The van der Waals surface area contributed by atoms with E-state index in [1.165, 1.54) is 16.9 Å². The Bertz CT molecular complexity index is 1270. The second kappa shape index (κ2) is 9.68. The Kier molecular flexibility index (Phi) is 6.47. The van der Waals surface area contributed by atoms with E-state index in [1.807, 2.05) is 17.0 Å². The fourth-order valence-electron chi connectivity index (χ4n) is 4.90. The minimum atomic E-state index is -0.425. The van der Waals surface area contributed by atoms with Gasteiger partial charge < -0.3 is 10.6 Å². The highest BCUT2D eigenvalue weighted by atomic mass is 32.1. The van der Waals surface area contributed by atoms with Crippen LogP contribution in [0.25, 0.3) is 10.2 Å². The first-order valence-corrected chi connectivity index (χ1v) is 12.7. The van der Waals surface area contributed by atoms with Crippen molar-refractivity contribution in [3.05, 3.63) is 62.5 Å². The normalized spacial score (nSPS) is 16.5. The standard InChI is InChI=1S/C25H29N5O3S/c26-23(32)18-7-5-17(6-8-18)15-28-11-13-29(14-12-28)21(31)9-10-30-16-27-24-22(25(30)33)19-3-1-2-4-20(19)34-24/h5-8,16H,1-4,9-15H2,(H2,26,32). The molecule has 0 bridgehead atoms. The lowest BCUT2D eigenvalue weighted by atomic mass is 9.97. The number of piperazine rings is 1. The van der Waals surface area contributed by atoms with Crippen LogP contribution in [0, 0.1) is 0 Å². The number of fused-ring (bicyclic) bond motifs is 3. The van der Waals surface area contributed by atoms with Gasteiger partial charge in [0.15, 0.2) is 0 Å². The monoisotopic (exact) mass is 479 g/mol. The number of benzene rings is 1. The molecule has 1 aliphatic carbocycles. The Hall–Kier alpha value is -3.04. The van der Waals surface area contributed by atoms with Crippen molar-refractivity contribution in [2.75, 3.05) is 26.2 Å². The minimum absolute atomic E-state index is 0.00984. The van der Waals surface area contributed by atoms with Crippen LogP contribution >= 0.6 is 11.3 Å². The number of hydrogen-bond acceptors (Lipinski definition) is 6. The zero-order chi connectivity index (χ0) is 23.7. The summed E-state index contributed by atoms with van der Waals surface area (Å²) in [6, 6.07) is 7.34. The molecule has 2 amide bonds. The molecule has 1 aliphatic heterocycles. The first kappa shape index (κ1) is 22.7. The lowest BCUT2D eigenvalue weighted by Gasteiger charge is -2.34. The summed E-state index contributed by atoms with van der Waals surface area (Å²) in [7, 11) is 0. The Morgan fingerprint density at radius 1 is 1.03 bits per heavy atom. The van der Waals surface area contributed by atoms with Crippen LogP contribution in [0.15, 0.2) is 35.4 Å². The summed E-state index contributed by atoms with van der Waals surface area (Å²) in [6.45, 7) is 4.05. The van der Waals surface area contributed by atoms with E-state index in [2.05, 4.69) is 9.88 Å². The number of carbonyl (C=O) groups excluding carboxylic acids is 2. The van der Waals surface area contributed by atoms with Crippen LogP contribution in [0.1, 0.15) is 45.6 Å². The third-order valence-corrected chi connectivity index (χ3v) is 8.08. The number of nitrogens with zero attached hydrogens (tertiary/aromatic N) is 4. The van der Waals surface area contributed by atoms with Gasteiger partial charge in [0.05, 0.1) is 11.7 Å². The lowest BCUT2D eigenvalue weighted by molar-refractivity contribution is -0.133. The predicted molar refractivity (Wildman–Crippen MR) is 132 cm³/mol. The molecule has 5 rings (SSSR count). The van der Waals surface area contributed by atoms with Gasteiger partial charge in [-0.3, -0.25) is 23.9 Å². The summed E-state index contributed by atoms with van der Waals surface area (Å²) in [5.41, 5.74) is 8.09. The van der Waals surface area contributed by atoms with Crippen LogP contribution < -0.4 is 11.3 Å². The number of aryl methyl sites for hydroxylation is 3. The van der Waals surface area contributed by atoms with E-state index in [0.29, 0.717) is 31.6 Å². The van der Waals surface area contributed by atoms with Crippen molar-refractivity contribution in [2.45, 2.75) is 45.2 Å². The Balaban J connectivity index is 1.15. The maximum absolute atomic E-state index is 13.1. The van der Waals surface area contributed by atoms with Crippen LogP contribution in [-0.4, -0.2) is 57.3 Å². The molecule has 2 aromatic heterocycles. The van der Waals surface area contributed by atoms with E-state index in [1.54, 1.807) is 34.4 Å². The van der Waals surface area contributed by atoms with Crippen molar-refractivity contribution in [3.8, 4) is 0 Å². The summed E-state index contributed by atoms with van der Waals surface area (Å²) >= 11 is 1.65. The van der Waals surface area contributed by atoms with Gasteiger partial charge in [0.25, 0.3) is 5.56 Å². The number of carbonyl (C=O) groups is 2. The zero-order valence-electron chi connectivity index (χ0n) is 19.2. The van der Waals surface area contributed by atoms with Gasteiger partial charge in [0.1, 0.15) is 4.83 Å². The number of hydrogen-bond donors (Lipinski definition) is 1. The van der Waals surface area contributed by atoms with Crippen molar-refractivity contribution in [2.24, 2.45) is 5.73 Å². The second-order valence-corrected chi connectivity index (χ2v) is 10.2. The molecule has 3 aromatic rings. The third kappa shape index (κ3) is 4.63. The maximum Gasteiger partial charge on any atom is 0.262 e. The highest BCUT2D eigenvalue weighted by Crippen LogP contribution is 2.33. The van der Waals surface area contributed by atoms with E-state index < -0.39 is 5.91 Å². The van der Waals surface area contributed by atoms with Crippen molar-refractivity contribution in [3.63, 3.8) is 0 Å². The molecule has 34 heavy (non-hydrogen) atoms. The molecule has 8 nitrogen and oxygen atoms in total. The van der Waals surface area contributed by atoms with Crippen LogP contribution in [-0.2, 0) is 30.7 Å². The molecule has 0 radical (unpaired) electrons. The van der Waals surface area contributed by atoms with Gasteiger partial charge in [-0.05, 0) is 48.9 Å². The van der Waals surface area contributed by atoms with E-state index in [-0.39, 0.29) is 11.5 Å². The largest absolute Gasteiger partial charge is 0.366 e. The summed E-state index contributed by atoms with van der Waals surface area (Å²) in [6.07, 6.45) is 6.19. The molecule has 0 unspecified atom stereocenters. The topological polar surface area (TPSA) is 102 Å². The SMILES string of the molecule is NC(=O)c1ccc(CN2CCN(C(=O)CCn3cnc4sc5c(c4c3=O)CCCC5)CC2)cc1. The zero-order valence-corrected chi connectivity index (χ0v) is 20.0. The van der Waals surface area contributed by atoms with E-state index in [9.17, 15) is 14.4 Å². The van der Waals surface area contributed by atoms with Crippen molar-refractivity contribution < 1.29 is 9.59 Å². The molecule has 1 fully saturated rings. The summed E-state index contributed by atoms with van der Waals surface area (Å²) in [4.78, 5) is 48.0. The van der Waals surface area contributed by atoms with Crippen LogP contribution in [0.5, 0.6) is 0 Å². The number of rotatable bonds is 6. The van der Waals surface area contributed by atoms with E-state index in [4.69, 9.17) is 5.73 Å². The Labute approximate surface area is 202 Å². The molecule has 2 N–H and O–H groups in total.